The second-order valence-corrected chi connectivity index (χ2v) is 8.63. The Morgan fingerprint density at radius 2 is 1.09 bits per heavy atom. The van der Waals surface area contributed by atoms with Crippen LogP contribution in [0, 0.1) is 11.8 Å². The molecular weight excluding hydrogens is 408 g/mol. The van der Waals surface area contributed by atoms with Crippen LogP contribution >= 0.6 is 0 Å². The molecule has 0 saturated heterocycles. The van der Waals surface area contributed by atoms with Crippen molar-refractivity contribution in [1.82, 2.24) is 0 Å². The minimum Gasteiger partial charge on any atom is -0.434 e. The molecule has 0 unspecified atom stereocenters. The van der Waals surface area contributed by atoms with Crippen molar-refractivity contribution < 1.29 is 28.5 Å². The van der Waals surface area contributed by atoms with Gasteiger partial charge in [0.1, 0.15) is 11.5 Å². The number of rotatable bonds is 10. The molecule has 0 saturated carbocycles. The second kappa shape index (κ2) is 12.3. The largest absolute Gasteiger partial charge is 0.513 e. The van der Waals surface area contributed by atoms with Gasteiger partial charge in [-0.1, -0.05) is 65.8 Å². The van der Waals surface area contributed by atoms with E-state index in [1.807, 2.05) is 38.1 Å². The minimum atomic E-state index is -0.727. The molecule has 2 aromatic carbocycles. The zero-order valence-electron chi connectivity index (χ0n) is 20.2. The monoisotopic (exact) mass is 444 g/mol. The maximum absolute atomic E-state index is 12.4. The van der Waals surface area contributed by atoms with Crippen LogP contribution in [-0.4, -0.2) is 25.5 Å². The summed E-state index contributed by atoms with van der Waals surface area (Å²) < 4.78 is 21.9. The predicted octanol–water partition coefficient (Wildman–Crippen LogP) is 7.09. The van der Waals surface area contributed by atoms with E-state index in [-0.39, 0.29) is 0 Å². The van der Waals surface area contributed by atoms with E-state index in [2.05, 4.69) is 27.7 Å². The van der Waals surface area contributed by atoms with E-state index in [0.29, 0.717) is 60.2 Å². The normalized spacial score (nSPS) is 11.1. The maximum atomic E-state index is 12.4. The molecule has 0 amide bonds. The van der Waals surface area contributed by atoms with Gasteiger partial charge in [0, 0.05) is 21.9 Å². The lowest BCUT2D eigenvalue weighted by molar-refractivity contribution is 0.0928. The first-order chi connectivity index (χ1) is 15.3. The van der Waals surface area contributed by atoms with Gasteiger partial charge in [-0.15, -0.1) is 0 Å². The fourth-order valence-electron chi connectivity index (χ4n) is 3.44. The number of fused-ring (bicyclic) bond motifs is 1. The van der Waals surface area contributed by atoms with E-state index in [9.17, 15) is 9.59 Å². The molecule has 0 heterocycles. The molecule has 32 heavy (non-hydrogen) atoms. The highest BCUT2D eigenvalue weighted by atomic mass is 16.7. The predicted molar refractivity (Wildman–Crippen MR) is 126 cm³/mol. The Morgan fingerprint density at radius 1 is 0.719 bits per heavy atom. The summed E-state index contributed by atoms with van der Waals surface area (Å²) in [6, 6.07) is 7.41. The molecule has 176 valence electrons. The van der Waals surface area contributed by atoms with Crippen LogP contribution in [0.2, 0.25) is 0 Å². The Morgan fingerprint density at radius 3 is 1.41 bits per heavy atom. The summed E-state index contributed by atoms with van der Waals surface area (Å²) >= 11 is 0. The van der Waals surface area contributed by atoms with Crippen LogP contribution < -0.4 is 9.47 Å². The molecule has 0 aliphatic heterocycles. The lowest BCUT2D eigenvalue weighted by Crippen LogP contribution is -2.16. The van der Waals surface area contributed by atoms with Gasteiger partial charge in [-0.05, 0) is 37.5 Å². The molecule has 0 atom stereocenters. The van der Waals surface area contributed by atoms with Crippen LogP contribution in [0.25, 0.3) is 10.8 Å². The fourth-order valence-corrected chi connectivity index (χ4v) is 3.44. The smallest absolute Gasteiger partial charge is 0.434 e. The molecule has 0 N–H and O–H groups in total. The average molecular weight is 445 g/mol. The zero-order chi connectivity index (χ0) is 23.7. The maximum Gasteiger partial charge on any atom is 0.513 e. The van der Waals surface area contributed by atoms with Gasteiger partial charge in [0.2, 0.25) is 0 Å². The third kappa shape index (κ3) is 6.87. The highest BCUT2D eigenvalue weighted by molar-refractivity contribution is 5.98. The van der Waals surface area contributed by atoms with Gasteiger partial charge in [-0.3, -0.25) is 0 Å². The Balaban J connectivity index is 2.40. The van der Waals surface area contributed by atoms with Crippen molar-refractivity contribution in [3.8, 4) is 11.5 Å². The average Bonchev–Trinajstić information content (AvgIpc) is 2.74. The zero-order valence-corrected chi connectivity index (χ0v) is 20.2. The Hall–Kier alpha value is -2.76. The highest BCUT2D eigenvalue weighted by Crippen LogP contribution is 2.42. The SMILES string of the molecule is CCc1c(CC)c(OC(=O)OCCC(C)C)c2ccccc2c1OC(=O)OCCC(C)C. The molecule has 0 aliphatic carbocycles. The van der Waals surface area contributed by atoms with Crippen molar-refractivity contribution in [1.29, 1.82) is 0 Å². The lowest BCUT2D eigenvalue weighted by atomic mass is 9.94. The summed E-state index contributed by atoms with van der Waals surface area (Å²) in [6.07, 6.45) is 1.27. The van der Waals surface area contributed by atoms with Crippen LogP contribution in [0.3, 0.4) is 0 Å². The number of hydrogen-bond donors (Lipinski definition) is 0. The molecule has 0 aliphatic rings. The van der Waals surface area contributed by atoms with E-state index in [1.165, 1.54) is 0 Å². The van der Waals surface area contributed by atoms with E-state index in [0.717, 1.165) is 24.0 Å². The van der Waals surface area contributed by atoms with Gasteiger partial charge in [-0.25, -0.2) is 9.59 Å². The number of benzene rings is 2. The number of carbonyl (C=O) groups excluding carboxylic acids is 2. The standard InChI is InChI=1S/C26H36O6/c1-7-19-20(8-2)24(32-26(28)30-16-14-18(5)6)22-12-10-9-11-21(22)23(19)31-25(27)29-15-13-17(3)4/h9-12,17-18H,7-8,13-16H2,1-6H3. The highest BCUT2D eigenvalue weighted by Gasteiger charge is 2.24. The quantitative estimate of drug-likeness (QED) is 0.288. The van der Waals surface area contributed by atoms with Crippen molar-refractivity contribution in [2.75, 3.05) is 13.2 Å². The van der Waals surface area contributed by atoms with Crippen molar-refractivity contribution in [3.63, 3.8) is 0 Å². The van der Waals surface area contributed by atoms with Crippen molar-refractivity contribution in [3.05, 3.63) is 35.4 Å². The first-order valence-corrected chi connectivity index (χ1v) is 11.5. The Labute approximate surface area is 191 Å². The topological polar surface area (TPSA) is 71.1 Å². The first kappa shape index (κ1) is 25.5. The molecule has 6 nitrogen and oxygen atoms in total. The van der Waals surface area contributed by atoms with E-state index in [4.69, 9.17) is 18.9 Å². The molecule has 6 heteroatoms. The van der Waals surface area contributed by atoms with Crippen LogP contribution in [0.5, 0.6) is 11.5 Å². The van der Waals surface area contributed by atoms with Crippen LogP contribution in [0.15, 0.2) is 24.3 Å². The molecular formula is C26H36O6. The van der Waals surface area contributed by atoms with Gasteiger partial charge in [0.05, 0.1) is 13.2 Å². The molecule has 2 aromatic rings. The van der Waals surface area contributed by atoms with E-state index in [1.54, 1.807) is 0 Å². The van der Waals surface area contributed by atoms with Gasteiger partial charge in [0.15, 0.2) is 0 Å². The third-order valence-electron chi connectivity index (χ3n) is 5.24. The molecule has 0 spiro atoms. The third-order valence-corrected chi connectivity index (χ3v) is 5.24. The summed E-state index contributed by atoms with van der Waals surface area (Å²) in [5.41, 5.74) is 1.63. The van der Waals surface area contributed by atoms with E-state index < -0.39 is 12.3 Å². The van der Waals surface area contributed by atoms with Crippen molar-refractivity contribution in [2.45, 2.75) is 67.2 Å². The number of hydrogen-bond acceptors (Lipinski definition) is 6. The summed E-state index contributed by atoms with van der Waals surface area (Å²) in [4.78, 5) is 24.8. The van der Waals surface area contributed by atoms with Crippen LogP contribution in [-0.2, 0) is 22.3 Å². The lowest BCUT2D eigenvalue weighted by Gasteiger charge is -2.20. The van der Waals surface area contributed by atoms with Crippen molar-refractivity contribution >= 4 is 23.1 Å². The summed E-state index contributed by atoms with van der Waals surface area (Å²) in [7, 11) is 0. The molecule has 0 bridgehead atoms. The minimum absolute atomic E-state index is 0.305. The van der Waals surface area contributed by atoms with Crippen molar-refractivity contribution in [2.24, 2.45) is 11.8 Å². The number of carbonyl (C=O) groups is 2. The van der Waals surface area contributed by atoms with Gasteiger partial charge in [-0.2, -0.15) is 0 Å². The summed E-state index contributed by atoms with van der Waals surface area (Å²) in [5, 5.41) is 1.37. The Kier molecular flexibility index (Phi) is 9.82. The van der Waals surface area contributed by atoms with Gasteiger partial charge < -0.3 is 18.9 Å². The van der Waals surface area contributed by atoms with Gasteiger partial charge in [0.25, 0.3) is 0 Å². The van der Waals surface area contributed by atoms with E-state index >= 15 is 0 Å². The first-order valence-electron chi connectivity index (χ1n) is 11.5. The second-order valence-electron chi connectivity index (χ2n) is 8.63. The fraction of sp³-hybridized carbons (Fsp3) is 0.538. The number of ether oxygens (including phenoxy) is 4. The molecule has 2 rings (SSSR count). The summed E-state index contributed by atoms with van der Waals surface area (Å²) in [6.45, 7) is 12.8. The Bertz CT molecular complexity index is 842. The van der Waals surface area contributed by atoms with Gasteiger partial charge >= 0.3 is 12.3 Å². The van der Waals surface area contributed by atoms with Crippen LogP contribution in [0.4, 0.5) is 9.59 Å². The molecule has 0 radical (unpaired) electrons. The van der Waals surface area contributed by atoms with Crippen LogP contribution in [0.1, 0.15) is 65.5 Å². The molecule has 0 fully saturated rings. The molecule has 0 aromatic heterocycles. The summed E-state index contributed by atoms with van der Waals surface area (Å²) in [5.74, 6) is 1.77.